The Balaban J connectivity index is 0.000000902. The Bertz CT molecular complexity index is 769. The number of carbonyl (C=O) groups is 2. The Morgan fingerprint density at radius 2 is 1.44 bits per heavy atom. The highest BCUT2D eigenvalue weighted by Gasteiger charge is 2.48. The average Bonchev–Trinajstić information content (AvgIpc) is 3.01. The molecule has 2 aliphatic rings. The Kier molecular flexibility index (Phi) is 26.4. The summed E-state index contributed by atoms with van der Waals surface area (Å²) >= 11 is 7.51. The third kappa shape index (κ3) is 18.1. The molecule has 0 unspecified atom stereocenters. The predicted molar refractivity (Wildman–Crippen MR) is 187 cm³/mol. The molecule has 2 aliphatic heterocycles. The van der Waals surface area contributed by atoms with Crippen LogP contribution in [0, 0.1) is 5.92 Å². The summed E-state index contributed by atoms with van der Waals surface area (Å²) in [7, 11) is 0. The second-order valence-electron chi connectivity index (χ2n) is 12.6. The van der Waals surface area contributed by atoms with Crippen molar-refractivity contribution < 1.29 is 34.8 Å². The lowest BCUT2D eigenvalue weighted by Gasteiger charge is -2.44. The number of piperidine rings is 1. The number of aliphatic hydroxyl groups excluding tert-OH is 3. The number of alkyl halides is 1. The van der Waals surface area contributed by atoms with Gasteiger partial charge in [-0.3, -0.25) is 9.59 Å². The second kappa shape index (κ2) is 26.6. The number of ether oxygens (including phenoxy) is 1. The molecule has 12 heteroatoms. The second-order valence-corrected chi connectivity index (χ2v) is 14.2. The molecule has 2 fully saturated rings. The van der Waals surface area contributed by atoms with E-state index in [-0.39, 0.29) is 24.4 Å². The van der Waals surface area contributed by atoms with E-state index in [2.05, 4.69) is 24.5 Å². The first kappa shape index (κ1) is 44.7. The molecule has 6 N–H and O–H groups in total. The fourth-order valence-corrected chi connectivity index (χ4v) is 6.83. The number of halogens is 2. The van der Waals surface area contributed by atoms with Gasteiger partial charge in [-0.2, -0.15) is 0 Å². The van der Waals surface area contributed by atoms with Crippen molar-refractivity contribution in [3.05, 3.63) is 0 Å². The van der Waals surface area contributed by atoms with Gasteiger partial charge in [-0.15, -0.1) is 35.8 Å². The van der Waals surface area contributed by atoms with Gasteiger partial charge in [0.15, 0.2) is 0 Å². The molecule has 1 amide bonds. The van der Waals surface area contributed by atoms with Crippen LogP contribution in [0.3, 0.4) is 0 Å². The number of hydrogen-bond donors (Lipinski definition) is 6. The largest absolute Gasteiger partial charge is 0.481 e. The summed E-state index contributed by atoms with van der Waals surface area (Å²) in [6.45, 7) is 6.88. The molecule has 9 atom stereocenters. The molecule has 2 heterocycles. The van der Waals surface area contributed by atoms with Crippen LogP contribution in [0.4, 0.5) is 0 Å². The van der Waals surface area contributed by atoms with Gasteiger partial charge in [-0.05, 0) is 44.9 Å². The minimum absolute atomic E-state index is 0. The van der Waals surface area contributed by atoms with Crippen molar-refractivity contribution in [1.82, 2.24) is 10.6 Å². The average molecular weight is 704 g/mol. The maximum Gasteiger partial charge on any atom is 0.303 e. The van der Waals surface area contributed by atoms with Crippen molar-refractivity contribution in [1.29, 1.82) is 0 Å². The SMILES string of the molecule is CCCCCCCCCCCCCCCC(=O)O.CC[C@@H]1CCN[C@H](C(=O)N[C@@H]([C@H]2O[C@H](SC)[C@H](O)[C@@H](O)[C@H]2O)[C@H](C)Cl)C1.Cl. The zero-order chi connectivity index (χ0) is 32.9. The quantitative estimate of drug-likeness (QED) is 0.0662. The summed E-state index contributed by atoms with van der Waals surface area (Å²) in [6, 6.07) is -1.00. The molecule has 268 valence electrons. The van der Waals surface area contributed by atoms with Crippen LogP contribution in [0.1, 0.15) is 130 Å². The number of carbonyl (C=O) groups excluding carboxylic acids is 1. The molecule has 0 saturated carbocycles. The van der Waals surface area contributed by atoms with E-state index < -0.39 is 47.2 Å². The zero-order valence-electron chi connectivity index (χ0n) is 28.1. The van der Waals surface area contributed by atoms with Gasteiger partial charge in [0.1, 0.15) is 29.9 Å². The van der Waals surface area contributed by atoms with Gasteiger partial charge in [0, 0.05) is 6.42 Å². The highest BCUT2D eigenvalue weighted by molar-refractivity contribution is 7.99. The molecule has 0 aliphatic carbocycles. The lowest BCUT2D eigenvalue weighted by Crippen LogP contribution is -2.65. The van der Waals surface area contributed by atoms with E-state index in [0.29, 0.717) is 12.3 Å². The Morgan fingerprint density at radius 1 is 0.911 bits per heavy atom. The Morgan fingerprint density at radius 3 is 1.91 bits per heavy atom. The van der Waals surface area contributed by atoms with Crippen LogP contribution in [0.15, 0.2) is 0 Å². The van der Waals surface area contributed by atoms with Gasteiger partial charge in [-0.1, -0.05) is 97.3 Å². The first-order valence-corrected chi connectivity index (χ1v) is 18.9. The normalized spacial score (nSPS) is 27.8. The van der Waals surface area contributed by atoms with E-state index in [4.69, 9.17) is 21.4 Å². The maximum atomic E-state index is 12.7. The minimum Gasteiger partial charge on any atom is -0.481 e. The summed E-state index contributed by atoms with van der Waals surface area (Å²) in [5, 5.41) is 44.6. The summed E-state index contributed by atoms with van der Waals surface area (Å²) < 4.78 is 5.77. The van der Waals surface area contributed by atoms with Crippen molar-refractivity contribution in [3.63, 3.8) is 0 Å². The predicted octanol–water partition coefficient (Wildman–Crippen LogP) is 6.02. The number of carboxylic acid groups (broad SMARTS) is 1. The van der Waals surface area contributed by atoms with E-state index in [0.717, 1.165) is 38.6 Å². The standard InChI is InChI=1S/C17H31ClN2O5S.C16H32O2.ClH/c1-4-9-5-6-19-10(7-9)16(24)20-11(8(2)18)15-13(22)12(21)14(23)17(25-15)26-3;1-2-3-4-5-6-7-8-9-10-11-12-13-14-15-16(17)18;/h8-15,17,19,21-23H,4-7H2,1-3H3,(H,20,24);2-15H2,1H3,(H,17,18);1H/t8-,9+,10-,11+,12-,13+,14+,15+,17+;;/m0../s1. The molecule has 0 aromatic rings. The Labute approximate surface area is 288 Å². The number of unbranched alkanes of at least 4 members (excludes halogenated alkanes) is 12. The van der Waals surface area contributed by atoms with Crippen LogP contribution in [0.2, 0.25) is 0 Å². The smallest absolute Gasteiger partial charge is 0.303 e. The molecule has 45 heavy (non-hydrogen) atoms. The summed E-state index contributed by atoms with van der Waals surface area (Å²) in [6.07, 6.45) is 17.0. The van der Waals surface area contributed by atoms with Crippen molar-refractivity contribution >= 4 is 47.6 Å². The monoisotopic (exact) mass is 702 g/mol. The van der Waals surface area contributed by atoms with Crippen molar-refractivity contribution in [2.45, 2.75) is 177 Å². The topological polar surface area (TPSA) is 148 Å². The van der Waals surface area contributed by atoms with E-state index in [1.807, 2.05) is 0 Å². The number of hydrogen-bond acceptors (Lipinski definition) is 8. The molecule has 0 radical (unpaired) electrons. The summed E-state index contributed by atoms with van der Waals surface area (Å²) in [4.78, 5) is 23.0. The minimum atomic E-state index is -1.36. The van der Waals surface area contributed by atoms with E-state index in [1.165, 1.54) is 82.4 Å². The van der Waals surface area contributed by atoms with Crippen LogP contribution >= 0.6 is 35.8 Å². The molecule has 0 aromatic heterocycles. The summed E-state index contributed by atoms with van der Waals surface area (Å²) in [5.41, 5.74) is -0.703. The lowest BCUT2D eigenvalue weighted by atomic mass is 9.89. The highest BCUT2D eigenvalue weighted by Crippen LogP contribution is 2.30. The van der Waals surface area contributed by atoms with Gasteiger partial charge in [0.2, 0.25) is 5.91 Å². The van der Waals surface area contributed by atoms with Crippen LogP contribution in [-0.2, 0) is 14.3 Å². The number of thioether (sulfide) groups is 1. The number of carboxylic acids is 1. The van der Waals surface area contributed by atoms with Crippen molar-refractivity contribution in [2.75, 3.05) is 12.8 Å². The number of amides is 1. The van der Waals surface area contributed by atoms with Gasteiger partial charge < -0.3 is 35.8 Å². The third-order valence-electron chi connectivity index (χ3n) is 8.90. The molecule has 2 rings (SSSR count). The number of rotatable bonds is 20. The number of aliphatic carboxylic acids is 1. The van der Waals surface area contributed by atoms with E-state index >= 15 is 0 Å². The van der Waals surface area contributed by atoms with Crippen LogP contribution < -0.4 is 10.6 Å². The first-order valence-electron chi connectivity index (χ1n) is 17.2. The summed E-state index contributed by atoms with van der Waals surface area (Å²) in [5.74, 6) is -0.330. The molecule has 0 spiro atoms. The molecule has 0 aromatic carbocycles. The molecule has 9 nitrogen and oxygen atoms in total. The van der Waals surface area contributed by atoms with E-state index in [1.54, 1.807) is 13.2 Å². The van der Waals surface area contributed by atoms with Crippen molar-refractivity contribution in [3.8, 4) is 0 Å². The van der Waals surface area contributed by atoms with Crippen LogP contribution in [-0.4, -0.2) is 92.4 Å². The van der Waals surface area contributed by atoms with Crippen LogP contribution in [0.5, 0.6) is 0 Å². The molecular weight excluding hydrogens is 639 g/mol. The molecule has 2 saturated heterocycles. The van der Waals surface area contributed by atoms with Crippen molar-refractivity contribution in [2.24, 2.45) is 5.92 Å². The molecular formula is C33H64Cl2N2O7S. The molecule has 0 bridgehead atoms. The number of aliphatic hydroxyl groups is 3. The van der Waals surface area contributed by atoms with Gasteiger partial charge in [0.25, 0.3) is 0 Å². The third-order valence-corrected chi connectivity index (χ3v) is 10.0. The Hall–Kier alpha value is -0.330. The lowest BCUT2D eigenvalue weighted by molar-refractivity contribution is -0.205. The van der Waals surface area contributed by atoms with E-state index in [9.17, 15) is 24.9 Å². The van der Waals surface area contributed by atoms with Gasteiger partial charge in [-0.25, -0.2) is 0 Å². The van der Waals surface area contributed by atoms with Gasteiger partial charge in [0.05, 0.1) is 17.5 Å². The van der Waals surface area contributed by atoms with Crippen LogP contribution in [0.25, 0.3) is 0 Å². The first-order chi connectivity index (χ1) is 21.1. The number of nitrogens with one attached hydrogen (secondary N) is 2. The van der Waals surface area contributed by atoms with Gasteiger partial charge >= 0.3 is 5.97 Å². The maximum absolute atomic E-state index is 12.7. The fourth-order valence-electron chi connectivity index (χ4n) is 5.95. The highest BCUT2D eigenvalue weighted by atomic mass is 35.5. The zero-order valence-corrected chi connectivity index (χ0v) is 30.5. The fraction of sp³-hybridized carbons (Fsp3) is 0.939.